The molecule has 0 radical (unpaired) electrons. The van der Waals surface area contributed by atoms with Crippen molar-refractivity contribution in [3.05, 3.63) is 62.0 Å². The van der Waals surface area contributed by atoms with Crippen LogP contribution in [0.1, 0.15) is 26.3 Å². The molecule has 0 aliphatic heterocycles. The predicted octanol–water partition coefficient (Wildman–Crippen LogP) is 3.97. The first-order valence-corrected chi connectivity index (χ1v) is 7.64. The van der Waals surface area contributed by atoms with Gasteiger partial charge in [0.15, 0.2) is 0 Å². The Morgan fingerprint density at radius 3 is 2.45 bits per heavy atom. The lowest BCUT2D eigenvalue weighted by atomic mass is 10.1. The van der Waals surface area contributed by atoms with Crippen LogP contribution >= 0.6 is 31.9 Å². The number of carboxylic acids is 1. The van der Waals surface area contributed by atoms with Gasteiger partial charge in [-0.25, -0.2) is 9.59 Å². The average Bonchev–Trinajstić information content (AvgIpc) is 2.49. The first kappa shape index (κ1) is 16.5. The second kappa shape index (κ2) is 6.93. The summed E-state index contributed by atoms with van der Waals surface area (Å²) >= 11 is 6.47. The molecule has 5 nitrogen and oxygen atoms in total. The molecule has 114 valence electrons. The zero-order valence-electron chi connectivity index (χ0n) is 11.0. The summed E-state index contributed by atoms with van der Waals surface area (Å²) in [5.41, 5.74) is 0.555. The molecule has 0 bridgehead atoms. The normalized spacial score (nSPS) is 10.3. The summed E-state index contributed by atoms with van der Waals surface area (Å²) in [5.74, 6) is -1.81. The smallest absolute Gasteiger partial charge is 0.338 e. The van der Waals surface area contributed by atoms with Crippen molar-refractivity contribution >= 4 is 43.8 Å². The topological polar surface area (TPSA) is 83.8 Å². The van der Waals surface area contributed by atoms with Crippen LogP contribution in [-0.2, 0) is 11.3 Å². The van der Waals surface area contributed by atoms with E-state index in [1.807, 2.05) is 0 Å². The van der Waals surface area contributed by atoms with Gasteiger partial charge >= 0.3 is 11.9 Å². The van der Waals surface area contributed by atoms with Crippen molar-refractivity contribution in [1.29, 1.82) is 0 Å². The van der Waals surface area contributed by atoms with E-state index in [2.05, 4.69) is 31.9 Å². The molecule has 0 aliphatic carbocycles. The monoisotopic (exact) mass is 428 g/mol. The van der Waals surface area contributed by atoms with E-state index < -0.39 is 11.9 Å². The molecule has 0 saturated carbocycles. The van der Waals surface area contributed by atoms with E-state index in [0.717, 1.165) is 4.47 Å². The van der Waals surface area contributed by atoms with E-state index in [1.54, 1.807) is 12.1 Å². The lowest BCUT2D eigenvalue weighted by molar-refractivity contribution is 0.0470. The number of phenols is 1. The summed E-state index contributed by atoms with van der Waals surface area (Å²) in [6.45, 7) is -0.139. The zero-order valence-corrected chi connectivity index (χ0v) is 14.2. The number of ether oxygens (including phenoxy) is 1. The third-order valence-electron chi connectivity index (χ3n) is 2.81. The summed E-state index contributed by atoms with van der Waals surface area (Å²) in [6, 6.07) is 8.84. The number of aromatic carboxylic acids is 1. The van der Waals surface area contributed by atoms with E-state index >= 15 is 0 Å². The van der Waals surface area contributed by atoms with Gasteiger partial charge in [-0.1, -0.05) is 22.0 Å². The van der Waals surface area contributed by atoms with E-state index in [0.29, 0.717) is 10.0 Å². The third-order valence-corrected chi connectivity index (χ3v) is 3.87. The molecular weight excluding hydrogens is 420 g/mol. The number of carboxylic acid groups (broad SMARTS) is 1. The predicted molar refractivity (Wildman–Crippen MR) is 86.0 cm³/mol. The maximum atomic E-state index is 12.0. The molecule has 0 fully saturated rings. The fourth-order valence-electron chi connectivity index (χ4n) is 1.74. The molecule has 0 heterocycles. The number of benzene rings is 2. The molecular formula is C15H10Br2O5. The first-order chi connectivity index (χ1) is 10.4. The number of hydrogen-bond acceptors (Lipinski definition) is 4. The Morgan fingerprint density at radius 2 is 1.77 bits per heavy atom. The number of aromatic hydroxyl groups is 1. The maximum Gasteiger partial charge on any atom is 0.338 e. The fourth-order valence-corrected chi connectivity index (χ4v) is 3.05. The van der Waals surface area contributed by atoms with Crippen LogP contribution in [-0.4, -0.2) is 22.2 Å². The van der Waals surface area contributed by atoms with Crippen molar-refractivity contribution in [2.24, 2.45) is 0 Å². The van der Waals surface area contributed by atoms with Crippen LogP contribution in [0, 0.1) is 0 Å². The van der Waals surface area contributed by atoms with Crippen molar-refractivity contribution < 1.29 is 24.5 Å². The molecule has 0 atom stereocenters. The molecule has 2 N–H and O–H groups in total. The quantitative estimate of drug-likeness (QED) is 0.718. The minimum Gasteiger partial charge on any atom is -0.506 e. The van der Waals surface area contributed by atoms with Gasteiger partial charge in [0.2, 0.25) is 0 Å². The Morgan fingerprint density at radius 1 is 1.09 bits per heavy atom. The van der Waals surface area contributed by atoms with Crippen LogP contribution in [0.3, 0.4) is 0 Å². The van der Waals surface area contributed by atoms with Crippen LogP contribution in [0.15, 0.2) is 45.3 Å². The highest BCUT2D eigenvalue weighted by Crippen LogP contribution is 2.32. The molecule has 0 spiro atoms. The van der Waals surface area contributed by atoms with Crippen LogP contribution in [0.4, 0.5) is 0 Å². The number of carbonyl (C=O) groups is 2. The Balaban J connectivity index is 2.14. The number of rotatable bonds is 4. The van der Waals surface area contributed by atoms with Gasteiger partial charge in [-0.2, -0.15) is 0 Å². The molecule has 7 heteroatoms. The van der Waals surface area contributed by atoms with E-state index in [-0.39, 0.29) is 23.5 Å². The summed E-state index contributed by atoms with van der Waals surface area (Å²) < 4.78 is 6.30. The van der Waals surface area contributed by atoms with Gasteiger partial charge in [-0.05, 0) is 46.3 Å². The molecule has 22 heavy (non-hydrogen) atoms. The number of phenolic OH excluding ortho intramolecular Hbond substituents is 1. The minimum absolute atomic E-state index is 0.00231. The minimum atomic E-state index is -1.12. The largest absolute Gasteiger partial charge is 0.506 e. The van der Waals surface area contributed by atoms with Crippen molar-refractivity contribution in [3.8, 4) is 5.75 Å². The van der Waals surface area contributed by atoms with Crippen molar-refractivity contribution in [3.63, 3.8) is 0 Å². The third kappa shape index (κ3) is 3.86. The number of hydrogen-bond donors (Lipinski definition) is 2. The van der Waals surface area contributed by atoms with Gasteiger partial charge in [-0.15, -0.1) is 0 Å². The second-order valence-electron chi connectivity index (χ2n) is 4.36. The number of halogens is 2. The summed E-state index contributed by atoms with van der Waals surface area (Å²) in [7, 11) is 0. The molecule has 0 amide bonds. The van der Waals surface area contributed by atoms with Gasteiger partial charge in [-0.3, -0.25) is 0 Å². The highest BCUT2D eigenvalue weighted by atomic mass is 79.9. The van der Waals surface area contributed by atoms with Crippen molar-refractivity contribution in [2.45, 2.75) is 6.61 Å². The molecule has 2 aromatic carbocycles. The summed E-state index contributed by atoms with van der Waals surface area (Å²) in [4.78, 5) is 22.8. The number of carbonyl (C=O) groups excluding carboxylic acids is 1. The lowest BCUT2D eigenvalue weighted by Crippen LogP contribution is -2.07. The van der Waals surface area contributed by atoms with Crippen LogP contribution in [0.2, 0.25) is 0 Å². The van der Waals surface area contributed by atoms with E-state index in [1.165, 1.54) is 24.3 Å². The van der Waals surface area contributed by atoms with Crippen LogP contribution < -0.4 is 0 Å². The Hall–Kier alpha value is -1.86. The molecule has 0 saturated heterocycles. The van der Waals surface area contributed by atoms with Gasteiger partial charge in [0.05, 0.1) is 15.6 Å². The molecule has 2 aromatic rings. The maximum absolute atomic E-state index is 12.0. The Labute approximate surface area is 142 Å². The van der Waals surface area contributed by atoms with Gasteiger partial charge in [0.1, 0.15) is 12.4 Å². The second-order valence-corrected chi connectivity index (χ2v) is 6.13. The zero-order chi connectivity index (χ0) is 16.3. The first-order valence-electron chi connectivity index (χ1n) is 6.06. The van der Waals surface area contributed by atoms with E-state index in [9.17, 15) is 14.7 Å². The van der Waals surface area contributed by atoms with Crippen molar-refractivity contribution in [2.75, 3.05) is 0 Å². The average molecular weight is 430 g/mol. The highest BCUT2D eigenvalue weighted by molar-refractivity contribution is 9.11. The molecule has 0 aromatic heterocycles. The fraction of sp³-hybridized carbons (Fsp3) is 0.0667. The van der Waals surface area contributed by atoms with Gasteiger partial charge < -0.3 is 14.9 Å². The van der Waals surface area contributed by atoms with Crippen molar-refractivity contribution in [1.82, 2.24) is 0 Å². The Kier molecular flexibility index (Phi) is 5.20. The summed E-state index contributed by atoms with van der Waals surface area (Å²) in [5, 5.41) is 18.8. The Bertz CT molecular complexity index is 743. The molecule has 2 rings (SSSR count). The SMILES string of the molecule is O=C(O)c1cccc(C(=O)OCc2cc(Br)cc(Br)c2O)c1. The van der Waals surface area contributed by atoms with Gasteiger partial charge in [0, 0.05) is 10.0 Å². The number of esters is 1. The molecule has 0 aliphatic rings. The standard InChI is InChI=1S/C15H10Br2O5/c16-11-5-10(13(18)12(17)6-11)7-22-15(21)9-3-1-2-8(4-9)14(19)20/h1-6,18H,7H2,(H,19,20). The van der Waals surface area contributed by atoms with Crippen LogP contribution in [0.25, 0.3) is 0 Å². The van der Waals surface area contributed by atoms with Crippen LogP contribution in [0.5, 0.6) is 5.75 Å². The van der Waals surface area contributed by atoms with E-state index in [4.69, 9.17) is 9.84 Å². The highest BCUT2D eigenvalue weighted by Gasteiger charge is 2.13. The summed E-state index contributed by atoms with van der Waals surface area (Å²) in [6.07, 6.45) is 0. The molecule has 0 unspecified atom stereocenters. The van der Waals surface area contributed by atoms with Gasteiger partial charge in [0.25, 0.3) is 0 Å². The lowest BCUT2D eigenvalue weighted by Gasteiger charge is -2.09.